The van der Waals surface area contributed by atoms with E-state index in [0.29, 0.717) is 12.1 Å². The van der Waals surface area contributed by atoms with Crippen molar-refractivity contribution in [3.63, 3.8) is 0 Å². The van der Waals surface area contributed by atoms with E-state index in [-0.39, 0.29) is 11.9 Å². The molecule has 2 aromatic rings. The van der Waals surface area contributed by atoms with Gasteiger partial charge in [0.05, 0.1) is 13.2 Å². The normalized spacial score (nSPS) is 16.8. The summed E-state index contributed by atoms with van der Waals surface area (Å²) in [5.41, 5.74) is 0.668. The molecule has 5 heteroatoms. The Kier molecular flexibility index (Phi) is 6.48. The zero-order valence-corrected chi connectivity index (χ0v) is 15.6. The minimum Gasteiger partial charge on any atom is -0.497 e. The minimum absolute atomic E-state index is 0.0287. The van der Waals surface area contributed by atoms with Crippen molar-refractivity contribution in [3.05, 3.63) is 52.2 Å². The molecule has 2 heterocycles. The van der Waals surface area contributed by atoms with Crippen molar-refractivity contribution in [1.29, 1.82) is 0 Å². The van der Waals surface area contributed by atoms with Crippen LogP contribution >= 0.6 is 11.3 Å². The predicted molar refractivity (Wildman–Crippen MR) is 102 cm³/mol. The van der Waals surface area contributed by atoms with Gasteiger partial charge in [-0.15, -0.1) is 11.3 Å². The number of amides is 1. The van der Waals surface area contributed by atoms with E-state index in [9.17, 15) is 4.79 Å². The number of hydrogen-bond donors (Lipinski definition) is 1. The van der Waals surface area contributed by atoms with Gasteiger partial charge in [0.25, 0.3) is 5.91 Å². The molecule has 1 aromatic carbocycles. The fraction of sp³-hybridized carbons (Fsp3) is 0.450. The lowest BCUT2D eigenvalue weighted by Crippen LogP contribution is -2.38. The van der Waals surface area contributed by atoms with Crippen molar-refractivity contribution in [3.8, 4) is 5.75 Å². The summed E-state index contributed by atoms with van der Waals surface area (Å²) in [7, 11) is 1.63. The molecule has 0 spiro atoms. The van der Waals surface area contributed by atoms with Crippen LogP contribution in [0.2, 0.25) is 0 Å². The molecule has 1 fully saturated rings. The summed E-state index contributed by atoms with van der Waals surface area (Å²) >= 11 is 1.77. The first-order valence-corrected chi connectivity index (χ1v) is 9.85. The number of hydrogen-bond acceptors (Lipinski definition) is 4. The molecule has 1 aromatic heterocycles. The second-order valence-electron chi connectivity index (χ2n) is 6.42. The SMILES string of the molecule is COc1ccc(C(=O)NC[C@H](c2cccs2)N2CCCCCC2)cc1. The van der Waals surface area contributed by atoms with Gasteiger partial charge in [-0.2, -0.15) is 0 Å². The number of thiophene rings is 1. The molecule has 1 N–H and O–H groups in total. The monoisotopic (exact) mass is 358 g/mol. The number of nitrogens with one attached hydrogen (secondary N) is 1. The standard InChI is InChI=1S/C20H26N2O2S/c1-24-17-10-8-16(9-11-17)20(23)21-15-18(19-7-6-14-25-19)22-12-4-2-3-5-13-22/h6-11,14,18H,2-5,12-13,15H2,1H3,(H,21,23)/t18-/m1/s1. The largest absolute Gasteiger partial charge is 0.497 e. The minimum atomic E-state index is -0.0287. The molecular weight excluding hydrogens is 332 g/mol. The zero-order chi connectivity index (χ0) is 17.5. The molecule has 3 rings (SSSR count). The molecule has 134 valence electrons. The number of ether oxygens (including phenoxy) is 1. The highest BCUT2D eigenvalue weighted by molar-refractivity contribution is 7.10. The average molecular weight is 359 g/mol. The van der Waals surface area contributed by atoms with Crippen molar-refractivity contribution in [2.24, 2.45) is 0 Å². The van der Waals surface area contributed by atoms with Gasteiger partial charge in [-0.3, -0.25) is 9.69 Å². The zero-order valence-electron chi connectivity index (χ0n) is 14.7. The number of carbonyl (C=O) groups is 1. The third-order valence-electron chi connectivity index (χ3n) is 4.76. The van der Waals surface area contributed by atoms with E-state index >= 15 is 0 Å². The van der Waals surface area contributed by atoms with E-state index in [1.165, 1.54) is 30.6 Å². The van der Waals surface area contributed by atoms with Crippen LogP contribution in [0.25, 0.3) is 0 Å². The lowest BCUT2D eigenvalue weighted by Gasteiger charge is -2.30. The number of carbonyl (C=O) groups excluding carboxylic acids is 1. The smallest absolute Gasteiger partial charge is 0.251 e. The summed E-state index contributed by atoms with van der Waals surface area (Å²) in [6.45, 7) is 2.87. The molecule has 1 aliphatic heterocycles. The van der Waals surface area contributed by atoms with Crippen molar-refractivity contribution in [2.75, 3.05) is 26.7 Å². The molecule has 0 aliphatic carbocycles. The van der Waals surface area contributed by atoms with E-state index in [0.717, 1.165) is 18.8 Å². The maximum Gasteiger partial charge on any atom is 0.251 e. The van der Waals surface area contributed by atoms with E-state index in [1.807, 2.05) is 12.1 Å². The summed E-state index contributed by atoms with van der Waals surface area (Å²) in [5, 5.41) is 5.24. The van der Waals surface area contributed by atoms with E-state index in [4.69, 9.17) is 4.74 Å². The van der Waals surface area contributed by atoms with Crippen LogP contribution in [0.3, 0.4) is 0 Å². The number of methoxy groups -OCH3 is 1. The molecule has 0 bridgehead atoms. The lowest BCUT2D eigenvalue weighted by atomic mass is 10.1. The summed E-state index contributed by atoms with van der Waals surface area (Å²) in [6.07, 6.45) is 5.11. The van der Waals surface area contributed by atoms with Crippen LogP contribution in [-0.4, -0.2) is 37.6 Å². The highest BCUT2D eigenvalue weighted by atomic mass is 32.1. The van der Waals surface area contributed by atoms with Gasteiger partial charge in [-0.1, -0.05) is 18.9 Å². The molecular formula is C20H26N2O2S. The van der Waals surface area contributed by atoms with E-state index in [2.05, 4.69) is 27.7 Å². The highest BCUT2D eigenvalue weighted by Gasteiger charge is 2.23. The third kappa shape index (κ3) is 4.83. The van der Waals surface area contributed by atoms with E-state index < -0.39 is 0 Å². The fourth-order valence-corrected chi connectivity index (χ4v) is 4.19. The summed E-state index contributed by atoms with van der Waals surface area (Å²) in [4.78, 5) is 16.4. The predicted octanol–water partition coefficient (Wildman–Crippen LogP) is 4.10. The van der Waals surface area contributed by atoms with E-state index in [1.54, 1.807) is 30.6 Å². The van der Waals surface area contributed by atoms with Crippen LogP contribution in [0, 0.1) is 0 Å². The Bertz CT molecular complexity index is 647. The topological polar surface area (TPSA) is 41.6 Å². The molecule has 0 unspecified atom stereocenters. The Labute approximate surface area is 153 Å². The molecule has 1 aliphatic rings. The number of benzene rings is 1. The quantitative estimate of drug-likeness (QED) is 0.845. The molecule has 0 radical (unpaired) electrons. The molecule has 25 heavy (non-hydrogen) atoms. The number of nitrogens with zero attached hydrogens (tertiary/aromatic N) is 1. The Hall–Kier alpha value is -1.85. The van der Waals surface area contributed by atoms with Crippen LogP contribution in [0.5, 0.6) is 5.75 Å². The van der Waals surface area contributed by atoms with Gasteiger partial charge in [0, 0.05) is 17.0 Å². The van der Waals surface area contributed by atoms with Gasteiger partial charge in [0.15, 0.2) is 0 Å². The first-order chi connectivity index (χ1) is 12.3. The van der Waals surface area contributed by atoms with Gasteiger partial charge in [0.2, 0.25) is 0 Å². The highest BCUT2D eigenvalue weighted by Crippen LogP contribution is 2.27. The molecule has 1 saturated heterocycles. The van der Waals surface area contributed by atoms with Gasteiger partial charge in [-0.25, -0.2) is 0 Å². The Morgan fingerprint density at radius 3 is 2.48 bits per heavy atom. The maximum atomic E-state index is 12.5. The Morgan fingerprint density at radius 1 is 1.16 bits per heavy atom. The van der Waals surface area contributed by atoms with Crippen LogP contribution < -0.4 is 10.1 Å². The summed E-state index contributed by atoms with van der Waals surface area (Å²) in [5.74, 6) is 0.733. The first kappa shape index (κ1) is 18.0. The van der Waals surface area contributed by atoms with Crippen molar-refractivity contribution < 1.29 is 9.53 Å². The molecule has 1 amide bonds. The van der Waals surface area contributed by atoms with Gasteiger partial charge in [0.1, 0.15) is 5.75 Å². The summed E-state index contributed by atoms with van der Waals surface area (Å²) in [6, 6.07) is 11.8. The third-order valence-corrected chi connectivity index (χ3v) is 5.73. The van der Waals surface area contributed by atoms with Crippen LogP contribution in [-0.2, 0) is 0 Å². The van der Waals surface area contributed by atoms with Crippen LogP contribution in [0.4, 0.5) is 0 Å². The fourth-order valence-electron chi connectivity index (χ4n) is 3.33. The maximum absolute atomic E-state index is 12.5. The van der Waals surface area contributed by atoms with Crippen LogP contribution in [0.15, 0.2) is 41.8 Å². The Balaban J connectivity index is 1.66. The number of rotatable bonds is 6. The van der Waals surface area contributed by atoms with Crippen molar-refractivity contribution in [1.82, 2.24) is 10.2 Å². The second-order valence-corrected chi connectivity index (χ2v) is 7.40. The molecule has 1 atom stereocenters. The molecule has 4 nitrogen and oxygen atoms in total. The Morgan fingerprint density at radius 2 is 1.88 bits per heavy atom. The van der Waals surface area contributed by atoms with Gasteiger partial charge < -0.3 is 10.1 Å². The summed E-state index contributed by atoms with van der Waals surface area (Å²) < 4.78 is 5.15. The second kappa shape index (κ2) is 9.02. The van der Waals surface area contributed by atoms with Gasteiger partial charge >= 0.3 is 0 Å². The molecule has 0 saturated carbocycles. The van der Waals surface area contributed by atoms with Crippen molar-refractivity contribution in [2.45, 2.75) is 31.7 Å². The first-order valence-electron chi connectivity index (χ1n) is 8.97. The average Bonchev–Trinajstić information content (AvgIpc) is 3.05. The van der Waals surface area contributed by atoms with Gasteiger partial charge in [-0.05, 0) is 61.6 Å². The van der Waals surface area contributed by atoms with Crippen molar-refractivity contribution >= 4 is 17.2 Å². The lowest BCUT2D eigenvalue weighted by molar-refractivity contribution is 0.0934. The number of likely N-dealkylation sites (tertiary alicyclic amines) is 1. The van der Waals surface area contributed by atoms with Crippen LogP contribution in [0.1, 0.15) is 47.0 Å².